The van der Waals surface area contributed by atoms with E-state index in [1.807, 2.05) is 0 Å². The molecular weight excluding hydrogens is 200 g/mol. The van der Waals surface area contributed by atoms with Crippen molar-refractivity contribution in [3.63, 3.8) is 0 Å². The molecule has 1 aliphatic heterocycles. The Morgan fingerprint density at radius 1 is 1.19 bits per heavy atom. The van der Waals surface area contributed by atoms with Crippen LogP contribution in [-0.4, -0.2) is 12.1 Å². The number of hydrogen-bond acceptors (Lipinski definition) is 2. The Kier molecular flexibility index (Phi) is 4.25. The lowest BCUT2D eigenvalue weighted by Gasteiger charge is -2.35. The molecule has 0 spiro atoms. The number of esters is 1. The third kappa shape index (κ3) is 2.99. The van der Waals surface area contributed by atoms with E-state index in [2.05, 4.69) is 6.92 Å². The first-order valence-electron chi connectivity index (χ1n) is 6.99. The highest BCUT2D eigenvalue weighted by Gasteiger charge is 2.31. The van der Waals surface area contributed by atoms with E-state index in [9.17, 15) is 4.79 Å². The largest absolute Gasteiger partial charge is 0.462 e. The van der Waals surface area contributed by atoms with Crippen molar-refractivity contribution < 1.29 is 9.53 Å². The van der Waals surface area contributed by atoms with Gasteiger partial charge in [-0.1, -0.05) is 32.6 Å². The first-order chi connectivity index (χ1) is 7.79. The standard InChI is InChI=1S/C14H24O2/c1-2-4-11-7-9-12(10-8-11)13-5-3-6-14(15)16-13/h11-13H,2-10H2,1H3. The van der Waals surface area contributed by atoms with Crippen LogP contribution in [-0.2, 0) is 9.53 Å². The average molecular weight is 224 g/mol. The summed E-state index contributed by atoms with van der Waals surface area (Å²) in [5.41, 5.74) is 0. The van der Waals surface area contributed by atoms with Crippen molar-refractivity contribution in [2.45, 2.75) is 70.8 Å². The lowest BCUT2D eigenvalue weighted by molar-refractivity contribution is -0.158. The molecule has 1 unspecified atom stereocenters. The highest BCUT2D eigenvalue weighted by molar-refractivity contribution is 5.70. The molecule has 92 valence electrons. The number of carbonyl (C=O) groups is 1. The van der Waals surface area contributed by atoms with E-state index in [1.165, 1.54) is 38.5 Å². The summed E-state index contributed by atoms with van der Waals surface area (Å²) >= 11 is 0. The fourth-order valence-electron chi connectivity index (χ4n) is 3.32. The second kappa shape index (κ2) is 5.70. The zero-order chi connectivity index (χ0) is 11.4. The zero-order valence-corrected chi connectivity index (χ0v) is 10.4. The maximum Gasteiger partial charge on any atom is 0.306 e. The van der Waals surface area contributed by atoms with Gasteiger partial charge < -0.3 is 4.74 Å². The summed E-state index contributed by atoms with van der Waals surface area (Å²) in [5.74, 6) is 1.64. The van der Waals surface area contributed by atoms with Crippen molar-refractivity contribution in [1.82, 2.24) is 0 Å². The zero-order valence-electron chi connectivity index (χ0n) is 10.4. The summed E-state index contributed by atoms with van der Waals surface area (Å²) in [6.07, 6.45) is 11.0. The highest BCUT2D eigenvalue weighted by Crippen LogP contribution is 2.36. The number of rotatable bonds is 3. The molecule has 1 saturated heterocycles. The number of hydrogen-bond donors (Lipinski definition) is 0. The van der Waals surface area contributed by atoms with Crippen LogP contribution in [0.1, 0.15) is 64.7 Å². The third-order valence-corrected chi connectivity index (χ3v) is 4.27. The Morgan fingerprint density at radius 3 is 2.56 bits per heavy atom. The summed E-state index contributed by atoms with van der Waals surface area (Å²) in [6, 6.07) is 0. The molecule has 2 nitrogen and oxygen atoms in total. The maximum absolute atomic E-state index is 11.3. The fraction of sp³-hybridized carbons (Fsp3) is 0.929. The molecule has 0 amide bonds. The topological polar surface area (TPSA) is 26.3 Å². The molecule has 1 heterocycles. The van der Waals surface area contributed by atoms with Crippen LogP contribution in [0.25, 0.3) is 0 Å². The van der Waals surface area contributed by atoms with E-state index in [-0.39, 0.29) is 12.1 Å². The lowest BCUT2D eigenvalue weighted by atomic mass is 9.76. The van der Waals surface area contributed by atoms with Crippen LogP contribution in [0.2, 0.25) is 0 Å². The monoisotopic (exact) mass is 224 g/mol. The molecular formula is C14H24O2. The molecule has 0 N–H and O–H groups in total. The molecule has 16 heavy (non-hydrogen) atoms. The Hall–Kier alpha value is -0.530. The molecule has 2 rings (SSSR count). The van der Waals surface area contributed by atoms with Crippen molar-refractivity contribution in [2.75, 3.05) is 0 Å². The SMILES string of the molecule is CCCC1CCC(C2CCCC(=O)O2)CC1. The fourth-order valence-corrected chi connectivity index (χ4v) is 3.32. The summed E-state index contributed by atoms with van der Waals surface area (Å²) in [5, 5.41) is 0. The highest BCUT2D eigenvalue weighted by atomic mass is 16.5. The van der Waals surface area contributed by atoms with Gasteiger partial charge in [0.15, 0.2) is 0 Å². The number of carbonyl (C=O) groups excluding carboxylic acids is 1. The van der Waals surface area contributed by atoms with E-state index >= 15 is 0 Å². The Morgan fingerprint density at radius 2 is 1.94 bits per heavy atom. The van der Waals surface area contributed by atoms with E-state index in [4.69, 9.17) is 4.74 Å². The van der Waals surface area contributed by atoms with Crippen LogP contribution in [0.5, 0.6) is 0 Å². The molecule has 0 aromatic heterocycles. The molecule has 1 saturated carbocycles. The molecule has 1 aliphatic carbocycles. The van der Waals surface area contributed by atoms with Gasteiger partial charge in [0, 0.05) is 6.42 Å². The van der Waals surface area contributed by atoms with E-state index in [0.29, 0.717) is 12.3 Å². The van der Waals surface area contributed by atoms with Gasteiger partial charge in [-0.2, -0.15) is 0 Å². The van der Waals surface area contributed by atoms with Crippen LogP contribution in [0.15, 0.2) is 0 Å². The Labute approximate surface area is 98.7 Å². The van der Waals surface area contributed by atoms with Crippen LogP contribution < -0.4 is 0 Å². The summed E-state index contributed by atoms with van der Waals surface area (Å²) in [4.78, 5) is 11.3. The number of ether oxygens (including phenoxy) is 1. The van der Waals surface area contributed by atoms with Crippen molar-refractivity contribution in [1.29, 1.82) is 0 Å². The maximum atomic E-state index is 11.3. The lowest BCUT2D eigenvalue weighted by Crippen LogP contribution is -2.33. The first-order valence-corrected chi connectivity index (χ1v) is 6.99. The smallest absolute Gasteiger partial charge is 0.306 e. The van der Waals surface area contributed by atoms with Crippen molar-refractivity contribution in [3.8, 4) is 0 Å². The van der Waals surface area contributed by atoms with Gasteiger partial charge in [0.2, 0.25) is 0 Å². The van der Waals surface area contributed by atoms with Gasteiger partial charge in [-0.15, -0.1) is 0 Å². The summed E-state index contributed by atoms with van der Waals surface area (Å²) in [6.45, 7) is 2.27. The van der Waals surface area contributed by atoms with E-state index in [0.717, 1.165) is 18.8 Å². The second-order valence-electron chi connectivity index (χ2n) is 5.49. The minimum atomic E-state index is 0.0342. The van der Waals surface area contributed by atoms with Crippen LogP contribution >= 0.6 is 0 Å². The quantitative estimate of drug-likeness (QED) is 0.683. The van der Waals surface area contributed by atoms with Gasteiger partial charge in [-0.25, -0.2) is 0 Å². The van der Waals surface area contributed by atoms with Crippen molar-refractivity contribution in [3.05, 3.63) is 0 Å². The minimum Gasteiger partial charge on any atom is -0.462 e. The number of cyclic esters (lactones) is 1. The molecule has 1 atom stereocenters. The molecule has 0 bridgehead atoms. The second-order valence-corrected chi connectivity index (χ2v) is 5.49. The van der Waals surface area contributed by atoms with Crippen LogP contribution in [0, 0.1) is 11.8 Å². The Balaban J connectivity index is 1.77. The van der Waals surface area contributed by atoms with Crippen LogP contribution in [0.3, 0.4) is 0 Å². The molecule has 0 aromatic carbocycles. The van der Waals surface area contributed by atoms with Gasteiger partial charge in [-0.05, 0) is 37.5 Å². The third-order valence-electron chi connectivity index (χ3n) is 4.27. The van der Waals surface area contributed by atoms with Gasteiger partial charge in [-0.3, -0.25) is 4.79 Å². The summed E-state index contributed by atoms with van der Waals surface area (Å²) < 4.78 is 5.48. The predicted octanol–water partition coefficient (Wildman–Crippen LogP) is 3.69. The summed E-state index contributed by atoms with van der Waals surface area (Å²) in [7, 11) is 0. The molecule has 0 aromatic rings. The first kappa shape index (κ1) is 11.9. The van der Waals surface area contributed by atoms with E-state index in [1.54, 1.807) is 0 Å². The van der Waals surface area contributed by atoms with Crippen molar-refractivity contribution in [2.24, 2.45) is 11.8 Å². The molecule has 2 fully saturated rings. The average Bonchev–Trinajstić information content (AvgIpc) is 2.30. The predicted molar refractivity (Wildman–Crippen MR) is 64.1 cm³/mol. The van der Waals surface area contributed by atoms with Gasteiger partial charge >= 0.3 is 5.97 Å². The van der Waals surface area contributed by atoms with Gasteiger partial charge in [0.1, 0.15) is 6.10 Å². The molecule has 0 radical (unpaired) electrons. The normalized spacial score (nSPS) is 35.8. The molecule has 2 heteroatoms. The Bertz CT molecular complexity index is 229. The van der Waals surface area contributed by atoms with Gasteiger partial charge in [0.05, 0.1) is 0 Å². The van der Waals surface area contributed by atoms with Gasteiger partial charge in [0.25, 0.3) is 0 Å². The molecule has 2 aliphatic rings. The van der Waals surface area contributed by atoms with E-state index < -0.39 is 0 Å². The van der Waals surface area contributed by atoms with Crippen LogP contribution in [0.4, 0.5) is 0 Å². The van der Waals surface area contributed by atoms with Crippen molar-refractivity contribution >= 4 is 5.97 Å². The minimum absolute atomic E-state index is 0.0342.